The molecule has 19 heavy (non-hydrogen) atoms. The molecular formula is C12H15N3O4. The lowest BCUT2D eigenvalue weighted by Gasteiger charge is -2.13. The van der Waals surface area contributed by atoms with Gasteiger partial charge in [-0.2, -0.15) is 0 Å². The van der Waals surface area contributed by atoms with E-state index in [0.717, 1.165) is 12.1 Å². The lowest BCUT2D eigenvalue weighted by atomic mass is 10.2. The van der Waals surface area contributed by atoms with Crippen LogP contribution in [-0.2, 0) is 4.79 Å². The maximum Gasteiger partial charge on any atom is 0.311 e. The number of rotatable bonds is 5. The minimum atomic E-state index is -0.486. The summed E-state index contributed by atoms with van der Waals surface area (Å²) in [5, 5.41) is 16.7. The highest BCUT2D eigenvalue weighted by Crippen LogP contribution is 2.29. The summed E-state index contributed by atoms with van der Waals surface area (Å²) < 4.78 is 4.98. The standard InChI is InChI=1S/C12H15N3O4/c1-19-11-6-8(2-4-10(11)15(17)18)13-7-9-3-5-12(16)14-9/h2,4,6,9,13H,3,5,7H2,1H3,(H,14,16). The molecule has 2 N–H and O–H groups in total. The molecule has 7 nitrogen and oxygen atoms in total. The molecule has 0 radical (unpaired) electrons. The van der Waals surface area contributed by atoms with Crippen molar-refractivity contribution >= 4 is 17.3 Å². The summed E-state index contributed by atoms with van der Waals surface area (Å²) in [6.07, 6.45) is 1.35. The zero-order chi connectivity index (χ0) is 13.8. The van der Waals surface area contributed by atoms with Crippen molar-refractivity contribution in [3.05, 3.63) is 28.3 Å². The van der Waals surface area contributed by atoms with E-state index in [-0.39, 0.29) is 23.4 Å². The van der Waals surface area contributed by atoms with Crippen LogP contribution in [0.1, 0.15) is 12.8 Å². The van der Waals surface area contributed by atoms with Crippen molar-refractivity contribution in [3.63, 3.8) is 0 Å². The number of carbonyl (C=O) groups excluding carboxylic acids is 1. The van der Waals surface area contributed by atoms with E-state index in [1.807, 2.05) is 0 Å². The third kappa shape index (κ3) is 3.12. The van der Waals surface area contributed by atoms with E-state index in [2.05, 4.69) is 10.6 Å². The third-order valence-electron chi connectivity index (χ3n) is 3.01. The van der Waals surface area contributed by atoms with Gasteiger partial charge in [-0.05, 0) is 12.5 Å². The second kappa shape index (κ2) is 5.55. The summed E-state index contributed by atoms with van der Waals surface area (Å²) in [6.45, 7) is 0.590. The number of hydrogen-bond acceptors (Lipinski definition) is 5. The molecule has 7 heteroatoms. The van der Waals surface area contributed by atoms with E-state index in [4.69, 9.17) is 4.74 Å². The molecule has 1 aromatic carbocycles. The number of ether oxygens (including phenoxy) is 1. The number of nitrogens with zero attached hydrogens (tertiary/aromatic N) is 1. The van der Waals surface area contributed by atoms with Crippen LogP contribution in [0.2, 0.25) is 0 Å². The van der Waals surface area contributed by atoms with Gasteiger partial charge in [0.2, 0.25) is 5.91 Å². The van der Waals surface area contributed by atoms with Gasteiger partial charge in [-0.3, -0.25) is 14.9 Å². The number of anilines is 1. The van der Waals surface area contributed by atoms with Crippen LogP contribution < -0.4 is 15.4 Å². The number of hydrogen-bond donors (Lipinski definition) is 2. The van der Waals surface area contributed by atoms with Gasteiger partial charge in [0.1, 0.15) is 0 Å². The number of benzene rings is 1. The molecule has 1 aliphatic heterocycles. The fraction of sp³-hybridized carbons (Fsp3) is 0.417. The Kier molecular flexibility index (Phi) is 3.84. The average Bonchev–Trinajstić information content (AvgIpc) is 2.81. The van der Waals surface area contributed by atoms with Crippen LogP contribution in [0, 0.1) is 10.1 Å². The van der Waals surface area contributed by atoms with Crippen LogP contribution in [-0.4, -0.2) is 30.5 Å². The van der Waals surface area contributed by atoms with Crippen LogP contribution in [0.4, 0.5) is 11.4 Å². The molecular weight excluding hydrogens is 250 g/mol. The van der Waals surface area contributed by atoms with Crippen molar-refractivity contribution in [2.24, 2.45) is 0 Å². The SMILES string of the molecule is COc1cc(NCC2CCC(=O)N2)ccc1[N+](=O)[O-]. The summed E-state index contributed by atoms with van der Waals surface area (Å²) in [7, 11) is 1.39. The second-order valence-electron chi connectivity index (χ2n) is 4.33. The first-order valence-corrected chi connectivity index (χ1v) is 5.96. The number of methoxy groups -OCH3 is 1. The minimum Gasteiger partial charge on any atom is -0.490 e. The summed E-state index contributed by atoms with van der Waals surface area (Å²) in [5.74, 6) is 0.276. The Hall–Kier alpha value is -2.31. The molecule has 1 heterocycles. The quantitative estimate of drug-likeness (QED) is 0.618. The highest BCUT2D eigenvalue weighted by atomic mass is 16.6. The van der Waals surface area contributed by atoms with Gasteiger partial charge in [0, 0.05) is 36.8 Å². The molecule has 0 spiro atoms. The van der Waals surface area contributed by atoms with Crippen molar-refractivity contribution in [2.75, 3.05) is 19.0 Å². The molecule has 1 atom stereocenters. The van der Waals surface area contributed by atoms with E-state index >= 15 is 0 Å². The van der Waals surface area contributed by atoms with Crippen molar-refractivity contribution in [3.8, 4) is 5.75 Å². The van der Waals surface area contributed by atoms with E-state index < -0.39 is 4.92 Å². The number of nitro groups is 1. The smallest absolute Gasteiger partial charge is 0.311 e. The number of nitrogens with one attached hydrogen (secondary N) is 2. The highest BCUT2D eigenvalue weighted by molar-refractivity contribution is 5.78. The Morgan fingerprint density at radius 2 is 2.37 bits per heavy atom. The monoisotopic (exact) mass is 265 g/mol. The Bertz CT molecular complexity index is 504. The van der Waals surface area contributed by atoms with Gasteiger partial charge in [-0.25, -0.2) is 0 Å². The van der Waals surface area contributed by atoms with Crippen molar-refractivity contribution in [1.29, 1.82) is 0 Å². The molecule has 2 rings (SSSR count). The molecule has 0 saturated carbocycles. The van der Waals surface area contributed by atoms with E-state index in [1.165, 1.54) is 13.2 Å². The van der Waals surface area contributed by atoms with Gasteiger partial charge < -0.3 is 15.4 Å². The first-order valence-electron chi connectivity index (χ1n) is 5.96. The van der Waals surface area contributed by atoms with Crippen LogP contribution in [0.25, 0.3) is 0 Å². The van der Waals surface area contributed by atoms with E-state index in [1.54, 1.807) is 12.1 Å². The molecule has 1 amide bonds. The first-order chi connectivity index (χ1) is 9.10. The molecule has 0 aromatic heterocycles. The molecule has 0 bridgehead atoms. The number of amides is 1. The fourth-order valence-corrected chi connectivity index (χ4v) is 2.01. The van der Waals surface area contributed by atoms with Crippen molar-refractivity contribution in [2.45, 2.75) is 18.9 Å². The largest absolute Gasteiger partial charge is 0.490 e. The predicted octanol–water partition coefficient (Wildman–Crippen LogP) is 1.29. The molecule has 1 unspecified atom stereocenters. The van der Waals surface area contributed by atoms with Gasteiger partial charge in [0.25, 0.3) is 0 Å². The topological polar surface area (TPSA) is 93.5 Å². The van der Waals surface area contributed by atoms with Crippen molar-refractivity contribution < 1.29 is 14.5 Å². The first kappa shape index (κ1) is 13.1. The van der Waals surface area contributed by atoms with Crippen molar-refractivity contribution in [1.82, 2.24) is 5.32 Å². The maximum atomic E-state index is 11.1. The van der Waals surface area contributed by atoms with E-state index in [9.17, 15) is 14.9 Å². The molecule has 102 valence electrons. The van der Waals surface area contributed by atoms with Crippen LogP contribution in [0.3, 0.4) is 0 Å². The average molecular weight is 265 g/mol. The second-order valence-corrected chi connectivity index (χ2v) is 4.33. The molecule has 1 saturated heterocycles. The normalized spacial score (nSPS) is 17.9. The van der Waals surface area contributed by atoms with Gasteiger partial charge in [0.05, 0.1) is 12.0 Å². The Labute approximate surface area is 110 Å². The summed E-state index contributed by atoms with van der Waals surface area (Å²) in [5.41, 5.74) is 0.658. The van der Waals surface area contributed by atoms with Gasteiger partial charge >= 0.3 is 5.69 Å². The lowest BCUT2D eigenvalue weighted by molar-refractivity contribution is -0.385. The Balaban J connectivity index is 2.01. The fourth-order valence-electron chi connectivity index (χ4n) is 2.01. The van der Waals surface area contributed by atoms with Gasteiger partial charge in [-0.1, -0.05) is 0 Å². The maximum absolute atomic E-state index is 11.1. The molecule has 1 fully saturated rings. The molecule has 0 aliphatic carbocycles. The van der Waals surface area contributed by atoms with Gasteiger partial charge in [0.15, 0.2) is 5.75 Å². The zero-order valence-corrected chi connectivity index (χ0v) is 10.5. The zero-order valence-electron chi connectivity index (χ0n) is 10.5. The summed E-state index contributed by atoms with van der Waals surface area (Å²) in [4.78, 5) is 21.3. The Morgan fingerprint density at radius 3 is 2.95 bits per heavy atom. The summed E-state index contributed by atoms with van der Waals surface area (Å²) >= 11 is 0. The highest BCUT2D eigenvalue weighted by Gasteiger charge is 2.20. The van der Waals surface area contributed by atoms with Crippen LogP contribution >= 0.6 is 0 Å². The lowest BCUT2D eigenvalue weighted by Crippen LogP contribution is -2.31. The van der Waals surface area contributed by atoms with Crippen LogP contribution in [0.5, 0.6) is 5.75 Å². The van der Waals surface area contributed by atoms with Crippen LogP contribution in [0.15, 0.2) is 18.2 Å². The Morgan fingerprint density at radius 1 is 1.58 bits per heavy atom. The minimum absolute atomic E-state index is 0.0630. The summed E-state index contributed by atoms with van der Waals surface area (Å²) in [6, 6.07) is 4.70. The molecule has 1 aromatic rings. The molecule has 1 aliphatic rings. The predicted molar refractivity (Wildman–Crippen MR) is 69.3 cm³/mol. The number of carbonyl (C=O) groups is 1. The van der Waals surface area contributed by atoms with E-state index in [0.29, 0.717) is 13.0 Å². The third-order valence-corrected chi connectivity index (χ3v) is 3.01. The van der Waals surface area contributed by atoms with Gasteiger partial charge in [-0.15, -0.1) is 0 Å². The number of nitro benzene ring substituents is 1.